The van der Waals surface area contributed by atoms with Gasteiger partial charge < -0.3 is 18.9 Å². The first-order chi connectivity index (χ1) is 16.2. The summed E-state index contributed by atoms with van der Waals surface area (Å²) in [5, 5.41) is 0. The van der Waals surface area contributed by atoms with Crippen molar-refractivity contribution in [1.29, 1.82) is 0 Å². The number of esters is 1. The number of carbonyl (C=O) groups is 1. The van der Waals surface area contributed by atoms with Gasteiger partial charge in [-0.2, -0.15) is 0 Å². The SMILES string of the molecule is CC1(C)O[C@@H]2[C@@](C)(COC(c3ccccc3)(c3ccccc3)c3ccccc3)OC(=O)[C@]2(C)O1. The van der Waals surface area contributed by atoms with Crippen LogP contribution in [-0.4, -0.2) is 35.7 Å². The summed E-state index contributed by atoms with van der Waals surface area (Å²) >= 11 is 0. The monoisotopic (exact) mass is 458 g/mol. The third kappa shape index (κ3) is 3.56. The van der Waals surface area contributed by atoms with Gasteiger partial charge in [0.15, 0.2) is 17.0 Å². The number of ether oxygens (including phenoxy) is 4. The summed E-state index contributed by atoms with van der Waals surface area (Å²) in [6, 6.07) is 30.4. The van der Waals surface area contributed by atoms with Gasteiger partial charge in [-0.25, -0.2) is 4.79 Å². The summed E-state index contributed by atoms with van der Waals surface area (Å²) in [6.07, 6.45) is -0.609. The Labute approximate surface area is 200 Å². The second-order valence-corrected chi connectivity index (χ2v) is 9.88. The lowest BCUT2D eigenvalue weighted by molar-refractivity contribution is -0.214. The zero-order valence-corrected chi connectivity index (χ0v) is 20.0. The van der Waals surface area contributed by atoms with Crippen LogP contribution in [0.2, 0.25) is 0 Å². The fourth-order valence-electron chi connectivity index (χ4n) is 5.33. The molecule has 0 aliphatic carbocycles. The highest BCUT2D eigenvalue weighted by atomic mass is 16.8. The zero-order valence-electron chi connectivity index (χ0n) is 20.0. The highest BCUT2D eigenvalue weighted by Gasteiger charge is 2.69. The molecular formula is C29H30O5. The van der Waals surface area contributed by atoms with E-state index in [0.717, 1.165) is 16.7 Å². The molecule has 0 aromatic heterocycles. The molecule has 3 aromatic rings. The molecule has 2 fully saturated rings. The van der Waals surface area contributed by atoms with Gasteiger partial charge in [0.05, 0.1) is 6.61 Å². The van der Waals surface area contributed by atoms with E-state index in [0.29, 0.717) is 0 Å². The Morgan fingerprint density at radius 2 is 1.21 bits per heavy atom. The first kappa shape index (κ1) is 22.8. The molecule has 0 unspecified atom stereocenters. The van der Waals surface area contributed by atoms with E-state index in [1.54, 1.807) is 6.92 Å². The molecule has 0 amide bonds. The maximum Gasteiger partial charge on any atom is 0.341 e. The lowest BCUT2D eigenvalue weighted by atomic mass is 9.79. The van der Waals surface area contributed by atoms with Gasteiger partial charge in [-0.05, 0) is 44.4 Å². The van der Waals surface area contributed by atoms with Crippen molar-refractivity contribution in [3.63, 3.8) is 0 Å². The van der Waals surface area contributed by atoms with E-state index in [-0.39, 0.29) is 6.61 Å². The molecule has 2 aliphatic heterocycles. The molecular weight excluding hydrogens is 428 g/mol. The Bertz CT molecular complexity index is 1060. The van der Waals surface area contributed by atoms with Crippen molar-refractivity contribution in [2.45, 2.75) is 56.4 Å². The maximum atomic E-state index is 12.9. The molecule has 34 heavy (non-hydrogen) atoms. The van der Waals surface area contributed by atoms with E-state index < -0.39 is 34.7 Å². The minimum atomic E-state index is -1.18. The summed E-state index contributed by atoms with van der Waals surface area (Å²) in [4.78, 5) is 12.9. The molecule has 2 aliphatic rings. The average Bonchev–Trinajstić information content (AvgIpc) is 3.21. The van der Waals surface area contributed by atoms with Gasteiger partial charge in [-0.15, -0.1) is 0 Å². The van der Waals surface area contributed by atoms with Gasteiger partial charge in [-0.3, -0.25) is 0 Å². The normalized spacial score (nSPS) is 27.9. The molecule has 3 aromatic carbocycles. The molecule has 0 bridgehead atoms. The zero-order chi connectivity index (χ0) is 24.0. The third-order valence-corrected chi connectivity index (χ3v) is 6.76. The van der Waals surface area contributed by atoms with Gasteiger partial charge in [0.1, 0.15) is 11.7 Å². The summed E-state index contributed by atoms with van der Waals surface area (Å²) in [5.41, 5.74) is -0.210. The molecule has 3 atom stereocenters. The Balaban J connectivity index is 1.61. The Morgan fingerprint density at radius 3 is 1.65 bits per heavy atom. The Kier molecular flexibility index (Phi) is 5.40. The summed E-state index contributed by atoms with van der Waals surface area (Å²) in [6.45, 7) is 7.33. The molecule has 2 saturated heterocycles. The van der Waals surface area contributed by atoms with Gasteiger partial charge in [-0.1, -0.05) is 91.0 Å². The summed E-state index contributed by atoms with van der Waals surface area (Å²) in [5.74, 6) is -1.32. The van der Waals surface area contributed by atoms with Crippen LogP contribution in [0.15, 0.2) is 91.0 Å². The minimum Gasteiger partial charge on any atom is -0.452 e. The lowest BCUT2D eigenvalue weighted by Crippen LogP contribution is -2.50. The molecule has 176 valence electrons. The number of cyclic esters (lactones) is 1. The van der Waals surface area contributed by atoms with Crippen LogP contribution >= 0.6 is 0 Å². The Morgan fingerprint density at radius 1 is 0.765 bits per heavy atom. The predicted octanol–water partition coefficient (Wildman–Crippen LogP) is 5.22. The van der Waals surface area contributed by atoms with Crippen molar-refractivity contribution in [3.05, 3.63) is 108 Å². The van der Waals surface area contributed by atoms with Crippen molar-refractivity contribution >= 4 is 5.97 Å². The highest BCUT2D eigenvalue weighted by Crippen LogP contribution is 2.50. The first-order valence-corrected chi connectivity index (χ1v) is 11.6. The number of rotatable bonds is 6. The van der Waals surface area contributed by atoms with Gasteiger partial charge in [0.25, 0.3) is 0 Å². The van der Waals surface area contributed by atoms with Crippen LogP contribution in [0.5, 0.6) is 0 Å². The quantitative estimate of drug-likeness (QED) is 0.374. The standard InChI is InChI=1S/C29H30O5/c1-26(2)32-24-27(3,33-25(30)28(24,4)34-26)20-31-29(21-14-8-5-9-15-21,22-16-10-6-11-17-22)23-18-12-7-13-19-23/h5-19,24H,20H2,1-4H3/t24-,27-,28-/m1/s1. The largest absolute Gasteiger partial charge is 0.452 e. The average molecular weight is 459 g/mol. The van der Waals surface area contributed by atoms with Gasteiger partial charge in [0, 0.05) is 0 Å². The molecule has 2 heterocycles. The van der Waals surface area contributed by atoms with Crippen LogP contribution in [0, 0.1) is 0 Å². The molecule has 0 saturated carbocycles. The number of fused-ring (bicyclic) bond motifs is 1. The topological polar surface area (TPSA) is 54.0 Å². The maximum absolute atomic E-state index is 12.9. The van der Waals surface area contributed by atoms with E-state index >= 15 is 0 Å². The van der Waals surface area contributed by atoms with Crippen LogP contribution in [-0.2, 0) is 29.3 Å². The second kappa shape index (κ2) is 8.05. The van der Waals surface area contributed by atoms with E-state index in [9.17, 15) is 4.79 Å². The van der Waals surface area contributed by atoms with Crippen LogP contribution in [0.3, 0.4) is 0 Å². The molecule has 5 rings (SSSR count). The summed E-state index contributed by atoms with van der Waals surface area (Å²) < 4.78 is 25.0. The smallest absolute Gasteiger partial charge is 0.341 e. The molecule has 0 spiro atoms. The van der Waals surface area contributed by atoms with Gasteiger partial charge >= 0.3 is 5.97 Å². The molecule has 0 N–H and O–H groups in total. The van der Waals surface area contributed by atoms with Crippen molar-refractivity contribution < 1.29 is 23.7 Å². The van der Waals surface area contributed by atoms with Crippen LogP contribution in [0.25, 0.3) is 0 Å². The van der Waals surface area contributed by atoms with Crippen molar-refractivity contribution in [2.24, 2.45) is 0 Å². The molecule has 5 nitrogen and oxygen atoms in total. The number of benzene rings is 3. The highest BCUT2D eigenvalue weighted by molar-refractivity contribution is 5.84. The fourth-order valence-corrected chi connectivity index (χ4v) is 5.33. The Hall–Kier alpha value is -2.99. The van der Waals surface area contributed by atoms with Crippen molar-refractivity contribution in [3.8, 4) is 0 Å². The third-order valence-electron chi connectivity index (χ3n) is 6.76. The number of hydrogen-bond donors (Lipinski definition) is 0. The van der Waals surface area contributed by atoms with Gasteiger partial charge in [0.2, 0.25) is 0 Å². The first-order valence-electron chi connectivity index (χ1n) is 11.6. The van der Waals surface area contributed by atoms with E-state index in [2.05, 4.69) is 36.4 Å². The predicted molar refractivity (Wildman–Crippen MR) is 128 cm³/mol. The van der Waals surface area contributed by atoms with E-state index in [1.165, 1.54) is 0 Å². The number of carbonyl (C=O) groups excluding carboxylic acids is 1. The van der Waals surface area contributed by atoms with Crippen LogP contribution in [0.1, 0.15) is 44.4 Å². The van der Waals surface area contributed by atoms with Crippen molar-refractivity contribution in [2.75, 3.05) is 6.61 Å². The molecule has 5 heteroatoms. The lowest BCUT2D eigenvalue weighted by Gasteiger charge is -2.39. The minimum absolute atomic E-state index is 0.108. The molecule has 0 radical (unpaired) electrons. The fraction of sp³-hybridized carbons (Fsp3) is 0.345. The van der Waals surface area contributed by atoms with Crippen molar-refractivity contribution in [1.82, 2.24) is 0 Å². The summed E-state index contributed by atoms with van der Waals surface area (Å²) in [7, 11) is 0. The van der Waals surface area contributed by atoms with Crippen LogP contribution < -0.4 is 0 Å². The van der Waals surface area contributed by atoms with E-state index in [4.69, 9.17) is 18.9 Å². The van der Waals surface area contributed by atoms with E-state index in [1.807, 2.05) is 75.4 Å². The van der Waals surface area contributed by atoms with Crippen LogP contribution in [0.4, 0.5) is 0 Å². The number of hydrogen-bond acceptors (Lipinski definition) is 5. The second-order valence-electron chi connectivity index (χ2n) is 9.88.